The lowest BCUT2D eigenvalue weighted by Crippen LogP contribution is -2.41. The summed E-state index contributed by atoms with van der Waals surface area (Å²) in [5, 5.41) is 5.44. The van der Waals surface area contributed by atoms with Gasteiger partial charge in [-0.15, -0.1) is 0 Å². The SMILES string of the molecule is COc1cccc(NC(=O)[C@@H]2CC(=O)Nc3nc(N4CCCC[C@@H]4C)[nH]c(=O)c32)c1. The van der Waals surface area contributed by atoms with E-state index in [0.717, 1.165) is 25.8 Å². The van der Waals surface area contributed by atoms with E-state index in [1.165, 1.54) is 7.11 Å². The van der Waals surface area contributed by atoms with Crippen LogP contribution in [-0.2, 0) is 9.59 Å². The number of aromatic nitrogens is 2. The van der Waals surface area contributed by atoms with E-state index in [1.807, 2.05) is 4.90 Å². The Balaban J connectivity index is 1.65. The molecule has 0 unspecified atom stereocenters. The molecule has 1 aromatic heterocycles. The number of hydrogen-bond donors (Lipinski definition) is 3. The topological polar surface area (TPSA) is 116 Å². The highest BCUT2D eigenvalue weighted by Gasteiger charge is 2.35. The van der Waals surface area contributed by atoms with Crippen LogP contribution in [0.15, 0.2) is 29.1 Å². The molecule has 158 valence electrons. The maximum Gasteiger partial charge on any atom is 0.258 e. The summed E-state index contributed by atoms with van der Waals surface area (Å²) in [6.07, 6.45) is 3.05. The van der Waals surface area contributed by atoms with E-state index in [4.69, 9.17) is 4.74 Å². The smallest absolute Gasteiger partial charge is 0.258 e. The second-order valence-corrected chi connectivity index (χ2v) is 7.72. The number of amides is 2. The van der Waals surface area contributed by atoms with Crippen LogP contribution in [-0.4, -0.2) is 41.5 Å². The highest BCUT2D eigenvalue weighted by molar-refractivity contribution is 6.04. The molecule has 2 aliphatic heterocycles. The van der Waals surface area contributed by atoms with Gasteiger partial charge in [0.25, 0.3) is 5.56 Å². The van der Waals surface area contributed by atoms with Gasteiger partial charge in [-0.3, -0.25) is 19.4 Å². The molecule has 4 rings (SSSR count). The van der Waals surface area contributed by atoms with Gasteiger partial charge in [0, 0.05) is 30.8 Å². The first-order valence-corrected chi connectivity index (χ1v) is 10.1. The first kappa shape index (κ1) is 19.9. The number of carbonyl (C=O) groups is 2. The highest BCUT2D eigenvalue weighted by atomic mass is 16.5. The van der Waals surface area contributed by atoms with Gasteiger partial charge in [0.05, 0.1) is 18.6 Å². The minimum Gasteiger partial charge on any atom is -0.497 e. The average Bonchev–Trinajstić information content (AvgIpc) is 2.73. The number of aromatic amines is 1. The van der Waals surface area contributed by atoms with Gasteiger partial charge >= 0.3 is 0 Å². The van der Waals surface area contributed by atoms with E-state index in [-0.39, 0.29) is 29.8 Å². The largest absolute Gasteiger partial charge is 0.497 e. The van der Waals surface area contributed by atoms with Crippen molar-refractivity contribution >= 4 is 29.3 Å². The molecule has 0 radical (unpaired) electrons. The van der Waals surface area contributed by atoms with E-state index in [9.17, 15) is 14.4 Å². The van der Waals surface area contributed by atoms with Gasteiger partial charge in [-0.05, 0) is 38.3 Å². The molecule has 30 heavy (non-hydrogen) atoms. The van der Waals surface area contributed by atoms with Crippen molar-refractivity contribution in [2.24, 2.45) is 0 Å². The third-order valence-electron chi connectivity index (χ3n) is 5.67. The Hall–Kier alpha value is -3.36. The zero-order valence-electron chi connectivity index (χ0n) is 17.0. The quantitative estimate of drug-likeness (QED) is 0.710. The fourth-order valence-corrected chi connectivity index (χ4v) is 4.06. The summed E-state index contributed by atoms with van der Waals surface area (Å²) in [5.74, 6) is -0.526. The fraction of sp³-hybridized carbons (Fsp3) is 0.429. The molecule has 2 amide bonds. The molecular weight excluding hydrogens is 386 g/mol. The van der Waals surface area contributed by atoms with Crippen LogP contribution in [0.3, 0.4) is 0 Å². The normalized spacial score (nSPS) is 20.9. The lowest BCUT2D eigenvalue weighted by molar-refractivity contribution is -0.123. The van der Waals surface area contributed by atoms with Crippen molar-refractivity contribution in [1.82, 2.24) is 9.97 Å². The first-order valence-electron chi connectivity index (χ1n) is 10.1. The molecule has 1 fully saturated rings. The van der Waals surface area contributed by atoms with E-state index in [2.05, 4.69) is 27.5 Å². The van der Waals surface area contributed by atoms with Gasteiger partial charge in [-0.2, -0.15) is 4.98 Å². The number of nitrogens with zero attached hydrogens (tertiary/aromatic N) is 2. The van der Waals surface area contributed by atoms with Gasteiger partial charge in [-0.1, -0.05) is 6.07 Å². The maximum atomic E-state index is 12.9. The summed E-state index contributed by atoms with van der Waals surface area (Å²) in [7, 11) is 1.54. The second-order valence-electron chi connectivity index (χ2n) is 7.72. The first-order chi connectivity index (χ1) is 14.5. The molecule has 3 N–H and O–H groups in total. The number of fused-ring (bicyclic) bond motifs is 1. The predicted octanol–water partition coefficient (Wildman–Crippen LogP) is 2.22. The number of hydrogen-bond acceptors (Lipinski definition) is 6. The third-order valence-corrected chi connectivity index (χ3v) is 5.67. The van der Waals surface area contributed by atoms with Crippen molar-refractivity contribution in [1.29, 1.82) is 0 Å². The van der Waals surface area contributed by atoms with Crippen LogP contribution in [0.5, 0.6) is 5.75 Å². The summed E-state index contributed by atoms with van der Waals surface area (Å²) >= 11 is 0. The number of ether oxygens (including phenoxy) is 1. The molecule has 3 heterocycles. The predicted molar refractivity (Wildman–Crippen MR) is 113 cm³/mol. The van der Waals surface area contributed by atoms with Gasteiger partial charge in [-0.25, -0.2) is 0 Å². The molecule has 9 nitrogen and oxygen atoms in total. The van der Waals surface area contributed by atoms with E-state index in [0.29, 0.717) is 17.4 Å². The van der Waals surface area contributed by atoms with E-state index in [1.54, 1.807) is 24.3 Å². The molecule has 2 aromatic rings. The number of methoxy groups -OCH3 is 1. The molecule has 1 saturated heterocycles. The number of piperidine rings is 1. The standard InChI is InChI=1S/C21H25N5O4/c1-12-6-3-4-9-26(12)21-24-18-17(20(29)25-21)15(11-16(27)23-18)19(28)22-13-7-5-8-14(10-13)30-2/h5,7-8,10,12,15H,3-4,6,9,11H2,1-2H3,(H,22,28)(H2,23,24,25,27,29)/t12-,15+/m0/s1. The third kappa shape index (κ3) is 3.87. The Morgan fingerprint density at radius 1 is 1.30 bits per heavy atom. The van der Waals surface area contributed by atoms with E-state index < -0.39 is 17.4 Å². The van der Waals surface area contributed by atoms with Gasteiger partial charge in [0.2, 0.25) is 17.8 Å². The number of nitrogens with one attached hydrogen (secondary N) is 3. The number of H-pyrrole nitrogens is 1. The molecule has 0 spiro atoms. The van der Waals surface area contributed by atoms with Crippen LogP contribution in [0.1, 0.15) is 44.1 Å². The fourth-order valence-electron chi connectivity index (χ4n) is 4.06. The number of anilines is 3. The summed E-state index contributed by atoms with van der Waals surface area (Å²) in [5.41, 5.74) is 0.303. The van der Waals surface area contributed by atoms with Crippen molar-refractivity contribution in [3.05, 3.63) is 40.2 Å². The average molecular weight is 411 g/mol. The Morgan fingerprint density at radius 2 is 2.13 bits per heavy atom. The van der Waals surface area contributed by atoms with Crippen LogP contribution >= 0.6 is 0 Å². The molecule has 0 bridgehead atoms. The summed E-state index contributed by atoms with van der Waals surface area (Å²) in [6.45, 7) is 2.87. The van der Waals surface area contributed by atoms with Crippen LogP contribution < -0.4 is 25.8 Å². The summed E-state index contributed by atoms with van der Waals surface area (Å²) in [4.78, 5) is 47.5. The lowest BCUT2D eigenvalue weighted by Gasteiger charge is -2.34. The molecule has 0 aliphatic carbocycles. The molecule has 2 aliphatic rings. The molecular formula is C21H25N5O4. The Morgan fingerprint density at radius 3 is 2.90 bits per heavy atom. The summed E-state index contributed by atoms with van der Waals surface area (Å²) < 4.78 is 5.17. The van der Waals surface area contributed by atoms with Gasteiger partial charge in [0.15, 0.2) is 0 Å². The van der Waals surface area contributed by atoms with Crippen molar-refractivity contribution in [3.63, 3.8) is 0 Å². The summed E-state index contributed by atoms with van der Waals surface area (Å²) in [6, 6.07) is 7.14. The second kappa shape index (κ2) is 8.17. The minimum atomic E-state index is -0.927. The van der Waals surface area contributed by atoms with Crippen molar-refractivity contribution in [3.8, 4) is 5.75 Å². The number of rotatable bonds is 4. The monoisotopic (exact) mass is 411 g/mol. The molecule has 2 atom stereocenters. The van der Waals surface area contributed by atoms with Crippen LogP contribution in [0.4, 0.5) is 17.5 Å². The van der Waals surface area contributed by atoms with Crippen molar-refractivity contribution in [2.45, 2.75) is 44.6 Å². The van der Waals surface area contributed by atoms with Gasteiger partial charge < -0.3 is 20.3 Å². The minimum absolute atomic E-state index is 0.118. The van der Waals surface area contributed by atoms with Crippen LogP contribution in [0.2, 0.25) is 0 Å². The van der Waals surface area contributed by atoms with Crippen molar-refractivity contribution < 1.29 is 14.3 Å². The number of carbonyl (C=O) groups excluding carboxylic acids is 2. The zero-order valence-corrected chi connectivity index (χ0v) is 17.0. The van der Waals surface area contributed by atoms with Crippen molar-refractivity contribution in [2.75, 3.05) is 29.2 Å². The van der Waals surface area contributed by atoms with Crippen LogP contribution in [0, 0.1) is 0 Å². The van der Waals surface area contributed by atoms with Crippen LogP contribution in [0.25, 0.3) is 0 Å². The van der Waals surface area contributed by atoms with E-state index >= 15 is 0 Å². The van der Waals surface area contributed by atoms with Gasteiger partial charge in [0.1, 0.15) is 11.6 Å². The number of benzene rings is 1. The Kier molecular flexibility index (Phi) is 5.43. The zero-order chi connectivity index (χ0) is 21.3. The Bertz CT molecular complexity index is 1030. The molecule has 1 aromatic carbocycles. The lowest BCUT2D eigenvalue weighted by atomic mass is 9.92. The highest BCUT2D eigenvalue weighted by Crippen LogP contribution is 2.31. The maximum absolute atomic E-state index is 12.9. The molecule has 0 saturated carbocycles. The molecule has 9 heteroatoms. The Labute approximate surface area is 173 Å².